The molecule has 0 spiro atoms. The molecule has 0 fully saturated rings. The molecule has 41 heavy (non-hydrogen) atoms. The zero-order chi connectivity index (χ0) is 30.2. The minimum absolute atomic E-state index is 0.153. The van der Waals surface area contributed by atoms with E-state index in [4.69, 9.17) is 0 Å². The van der Waals surface area contributed by atoms with Crippen LogP contribution in [-0.2, 0) is 38.4 Å². The molecule has 10 heteroatoms. The van der Waals surface area contributed by atoms with Crippen molar-refractivity contribution in [3.63, 3.8) is 0 Å². The van der Waals surface area contributed by atoms with Crippen LogP contribution in [0.3, 0.4) is 0 Å². The fourth-order valence-corrected chi connectivity index (χ4v) is 5.70. The third kappa shape index (κ3) is 5.68. The molecule has 2 aliphatic rings. The fourth-order valence-electron chi connectivity index (χ4n) is 5.70. The Labute approximate surface area is 238 Å². The summed E-state index contributed by atoms with van der Waals surface area (Å²) in [5.41, 5.74) is 9.84. The van der Waals surface area contributed by atoms with E-state index in [0.29, 0.717) is 69.3 Å². The first-order valence-corrected chi connectivity index (χ1v) is 13.7. The molecule has 10 nitrogen and oxygen atoms in total. The highest BCUT2D eigenvalue weighted by Gasteiger charge is 2.26. The Balaban J connectivity index is 1.80. The van der Waals surface area contributed by atoms with Gasteiger partial charge in [-0.05, 0) is 86.1 Å². The first-order valence-electron chi connectivity index (χ1n) is 13.7. The first-order chi connectivity index (χ1) is 19.4. The lowest BCUT2D eigenvalue weighted by Gasteiger charge is -2.05. The lowest BCUT2D eigenvalue weighted by atomic mass is 10.0. The minimum Gasteiger partial charge on any atom is -0.481 e. The van der Waals surface area contributed by atoms with Crippen molar-refractivity contribution in [1.82, 2.24) is 20.6 Å². The Morgan fingerprint density at radius 1 is 0.683 bits per heavy atom. The van der Waals surface area contributed by atoms with Gasteiger partial charge in [0.2, 0.25) is 0 Å². The van der Waals surface area contributed by atoms with E-state index in [1.165, 1.54) is 0 Å². The van der Waals surface area contributed by atoms with Gasteiger partial charge in [0.05, 0.1) is 12.8 Å². The van der Waals surface area contributed by atoms with Crippen molar-refractivity contribution in [3.05, 3.63) is 78.7 Å². The van der Waals surface area contributed by atoms with E-state index in [9.17, 15) is 29.4 Å². The number of aliphatic carboxylic acids is 2. The number of carbonyl (C=O) groups excluding carboxylic acids is 2. The standard InChI is InChI=1S/C31H36N4O6/c1-7-18-16(5)30(40)34-24(18)11-22-14(3)20(9-28(36)37)26(32-22)13-27-21(10-29(38)39)15(4)23(33-27)12-25-19(8-2)17(6)31(41)35-25/h11-12,32-33H,7-10,13H2,1-6H3,(H,34,40)(H,35,41)(H,36,37)(H,38,39)/b24-11-,25-12-/i28+1,29+1. The second-order valence-corrected chi connectivity index (χ2v) is 10.5. The van der Waals surface area contributed by atoms with Crippen LogP contribution in [0.4, 0.5) is 0 Å². The fraction of sp³-hybridized carbons (Fsp3) is 0.355. The number of carbonyl (C=O) groups is 4. The second kappa shape index (κ2) is 11.5. The van der Waals surface area contributed by atoms with Crippen LogP contribution in [0.5, 0.6) is 0 Å². The van der Waals surface area contributed by atoms with E-state index >= 15 is 0 Å². The smallest absolute Gasteiger partial charge is 0.307 e. The number of hydrogen-bond acceptors (Lipinski definition) is 4. The van der Waals surface area contributed by atoms with Gasteiger partial charge in [-0.3, -0.25) is 19.2 Å². The maximum atomic E-state index is 12.3. The molecule has 2 aromatic heterocycles. The molecule has 6 N–H and O–H groups in total. The zero-order valence-electron chi connectivity index (χ0n) is 24.2. The van der Waals surface area contributed by atoms with Gasteiger partial charge in [-0.2, -0.15) is 0 Å². The van der Waals surface area contributed by atoms with E-state index in [0.717, 1.165) is 22.3 Å². The van der Waals surface area contributed by atoms with Crippen molar-refractivity contribution in [2.45, 2.75) is 73.6 Å². The lowest BCUT2D eigenvalue weighted by Crippen LogP contribution is -2.15. The number of nitrogens with one attached hydrogen (secondary N) is 4. The molecule has 0 unspecified atom stereocenters. The summed E-state index contributed by atoms with van der Waals surface area (Å²) in [5, 5.41) is 25.1. The van der Waals surface area contributed by atoms with Gasteiger partial charge in [0.15, 0.2) is 0 Å². The van der Waals surface area contributed by atoms with Crippen LogP contribution in [0.15, 0.2) is 33.7 Å². The summed E-state index contributed by atoms with van der Waals surface area (Å²) >= 11 is 0. The van der Waals surface area contributed by atoms with Crippen LogP contribution >= 0.6 is 0 Å². The van der Waals surface area contributed by atoms with Gasteiger partial charge in [-0.15, -0.1) is 0 Å². The van der Waals surface area contributed by atoms with E-state index in [-0.39, 0.29) is 31.1 Å². The molecular formula is C31H36N4O6. The summed E-state index contributed by atoms with van der Waals surface area (Å²) in [6, 6.07) is 0. The highest BCUT2D eigenvalue weighted by Crippen LogP contribution is 2.31. The Morgan fingerprint density at radius 2 is 1.05 bits per heavy atom. The Bertz CT molecular complexity index is 1490. The molecule has 2 amide bonds. The largest absolute Gasteiger partial charge is 0.481 e. The molecule has 4 rings (SSSR count). The summed E-state index contributed by atoms with van der Waals surface area (Å²) in [7, 11) is 0. The Kier molecular flexibility index (Phi) is 8.23. The first kappa shape index (κ1) is 29.4. The number of carboxylic acids is 2. The average molecular weight is 563 g/mol. The van der Waals surface area contributed by atoms with Crippen LogP contribution in [-0.4, -0.2) is 43.9 Å². The molecule has 0 aromatic carbocycles. The molecule has 0 saturated heterocycles. The molecule has 0 atom stereocenters. The molecule has 216 valence electrons. The zero-order valence-corrected chi connectivity index (χ0v) is 24.2. The van der Waals surface area contributed by atoms with Crippen LogP contribution in [0.25, 0.3) is 12.2 Å². The number of allylic oxidation sites excluding steroid dienone is 2. The normalized spacial score (nSPS) is 17.3. The number of rotatable bonds is 10. The van der Waals surface area contributed by atoms with Gasteiger partial charge in [-0.25, -0.2) is 0 Å². The Morgan fingerprint density at radius 3 is 1.37 bits per heavy atom. The van der Waals surface area contributed by atoms with Crippen molar-refractivity contribution in [2.75, 3.05) is 0 Å². The quantitative estimate of drug-likeness (QED) is 0.238. The van der Waals surface area contributed by atoms with Crippen LogP contribution in [0.2, 0.25) is 0 Å². The molecule has 0 aliphatic carbocycles. The van der Waals surface area contributed by atoms with Gasteiger partial charge in [0.1, 0.15) is 0 Å². The van der Waals surface area contributed by atoms with E-state index in [2.05, 4.69) is 20.6 Å². The predicted molar refractivity (Wildman–Crippen MR) is 155 cm³/mol. The third-order valence-corrected chi connectivity index (χ3v) is 8.04. The van der Waals surface area contributed by atoms with Crippen molar-refractivity contribution in [3.8, 4) is 0 Å². The summed E-state index contributed by atoms with van der Waals surface area (Å²) in [4.78, 5) is 54.9. The third-order valence-electron chi connectivity index (χ3n) is 8.04. The summed E-state index contributed by atoms with van der Waals surface area (Å²) in [6.07, 6.45) is 4.79. The molecule has 0 radical (unpaired) electrons. The van der Waals surface area contributed by atoms with Crippen LogP contribution in [0, 0.1) is 13.8 Å². The minimum atomic E-state index is -0.989. The Hall–Kier alpha value is -4.60. The monoisotopic (exact) mass is 562 g/mol. The number of aromatic nitrogens is 2. The number of hydrogen-bond donors (Lipinski definition) is 6. The van der Waals surface area contributed by atoms with Gasteiger partial charge >= 0.3 is 11.9 Å². The van der Waals surface area contributed by atoms with Gasteiger partial charge in [0, 0.05) is 51.7 Å². The molecule has 4 heterocycles. The number of carboxylic acid groups (broad SMARTS) is 2. The summed E-state index contributed by atoms with van der Waals surface area (Å²) in [5.74, 6) is -2.28. The van der Waals surface area contributed by atoms with Crippen LogP contribution in [0.1, 0.15) is 85.6 Å². The number of amides is 2. The topological polar surface area (TPSA) is 164 Å². The molecule has 2 aliphatic heterocycles. The number of H-pyrrole nitrogens is 2. The van der Waals surface area contributed by atoms with Gasteiger partial charge in [-0.1, -0.05) is 13.8 Å². The van der Waals surface area contributed by atoms with Gasteiger partial charge in [0.25, 0.3) is 11.8 Å². The van der Waals surface area contributed by atoms with E-state index in [1.807, 2.05) is 39.8 Å². The second-order valence-electron chi connectivity index (χ2n) is 10.5. The maximum Gasteiger partial charge on any atom is 0.307 e. The van der Waals surface area contributed by atoms with Crippen molar-refractivity contribution in [2.24, 2.45) is 0 Å². The lowest BCUT2D eigenvalue weighted by molar-refractivity contribution is -0.137. The summed E-state index contributed by atoms with van der Waals surface area (Å²) in [6.45, 7) is 11.2. The molecular weight excluding hydrogens is 526 g/mol. The van der Waals surface area contributed by atoms with Crippen molar-refractivity contribution < 1.29 is 29.4 Å². The van der Waals surface area contributed by atoms with Crippen molar-refractivity contribution in [1.29, 1.82) is 0 Å². The van der Waals surface area contributed by atoms with E-state index in [1.54, 1.807) is 13.8 Å². The van der Waals surface area contributed by atoms with Crippen LogP contribution < -0.4 is 10.6 Å². The van der Waals surface area contributed by atoms with Gasteiger partial charge < -0.3 is 30.8 Å². The number of aromatic amines is 2. The SMILES string of the molecule is CCC1=C(C)C(=O)N/C1=C\c1[nH]c(Cc2[nH]c(/C=C3\NC(=O)C(C)=C3CC)c(C)c2C[13C](=O)O)c(C[13C](=O)O)c1C. The summed E-state index contributed by atoms with van der Waals surface area (Å²) < 4.78 is 0. The molecule has 2 aromatic rings. The van der Waals surface area contributed by atoms with E-state index < -0.39 is 11.9 Å². The van der Waals surface area contributed by atoms with Crippen molar-refractivity contribution >= 4 is 35.9 Å². The molecule has 0 saturated carbocycles. The average Bonchev–Trinajstić information content (AvgIpc) is 3.54. The molecule has 0 bridgehead atoms. The maximum absolute atomic E-state index is 12.3. The predicted octanol–water partition coefficient (Wildman–Crippen LogP) is 4.20. The highest BCUT2D eigenvalue weighted by molar-refractivity contribution is 6.01. The highest BCUT2D eigenvalue weighted by atomic mass is 16.5.